The van der Waals surface area contributed by atoms with Gasteiger partial charge in [0, 0.05) is 32.3 Å². The van der Waals surface area contributed by atoms with Crippen LogP contribution < -0.4 is 5.73 Å². The largest absolute Gasteiger partial charge is 0.380 e. The van der Waals surface area contributed by atoms with Crippen molar-refractivity contribution in [3.8, 4) is 0 Å². The van der Waals surface area contributed by atoms with E-state index < -0.39 is 0 Å². The number of methoxy groups -OCH3 is 1. The summed E-state index contributed by atoms with van der Waals surface area (Å²) in [6, 6.07) is 0.990. The first-order chi connectivity index (χ1) is 7.22. The first-order valence-corrected chi connectivity index (χ1v) is 6.24. The Balaban J connectivity index is 1.96. The number of hydrogen-bond donors (Lipinski definition) is 1. The van der Waals surface area contributed by atoms with Gasteiger partial charge in [0.25, 0.3) is 0 Å². The molecule has 0 radical (unpaired) electrons. The number of nitrogens with two attached hydrogens (primary N) is 1. The second kappa shape index (κ2) is 4.81. The number of rotatable bonds is 2. The fraction of sp³-hybridized carbons (Fsp3) is 1.00. The molecule has 15 heavy (non-hydrogen) atoms. The lowest BCUT2D eigenvalue weighted by Gasteiger charge is -2.37. The highest BCUT2D eigenvalue weighted by atomic mass is 16.5. The van der Waals surface area contributed by atoms with E-state index in [1.807, 2.05) is 7.11 Å². The molecule has 2 rings (SSSR count). The Morgan fingerprint density at radius 1 is 1.20 bits per heavy atom. The lowest BCUT2D eigenvalue weighted by atomic mass is 9.91. The average molecular weight is 212 g/mol. The van der Waals surface area contributed by atoms with Crippen LogP contribution in [0.5, 0.6) is 0 Å². The standard InChI is InChI=1S/C12H24N2O/c1-9-7-14(8-10(9)13)11-5-3-4-6-12(11)15-2/h9-12H,3-8,13H2,1-2H3. The van der Waals surface area contributed by atoms with Crippen molar-refractivity contribution in [1.29, 1.82) is 0 Å². The van der Waals surface area contributed by atoms with Crippen LogP contribution in [-0.4, -0.2) is 43.3 Å². The summed E-state index contributed by atoms with van der Waals surface area (Å²) in [4.78, 5) is 2.56. The molecule has 1 aliphatic heterocycles. The molecule has 0 amide bonds. The topological polar surface area (TPSA) is 38.5 Å². The Kier molecular flexibility index (Phi) is 3.65. The van der Waals surface area contributed by atoms with Gasteiger partial charge >= 0.3 is 0 Å². The normalized spacial score (nSPS) is 43.4. The molecular weight excluding hydrogens is 188 g/mol. The van der Waals surface area contributed by atoms with E-state index in [2.05, 4.69) is 11.8 Å². The Bertz CT molecular complexity index is 200. The molecule has 3 heteroatoms. The average Bonchev–Trinajstić information content (AvgIpc) is 2.59. The quantitative estimate of drug-likeness (QED) is 0.748. The molecule has 2 N–H and O–H groups in total. The summed E-state index contributed by atoms with van der Waals surface area (Å²) in [5, 5.41) is 0. The van der Waals surface area contributed by atoms with Crippen LogP contribution in [0, 0.1) is 5.92 Å². The molecule has 1 saturated carbocycles. The van der Waals surface area contributed by atoms with Gasteiger partial charge in [-0.15, -0.1) is 0 Å². The van der Waals surface area contributed by atoms with Gasteiger partial charge in [-0.3, -0.25) is 4.90 Å². The van der Waals surface area contributed by atoms with Crippen LogP contribution in [0.2, 0.25) is 0 Å². The molecule has 1 heterocycles. The van der Waals surface area contributed by atoms with Crippen molar-refractivity contribution in [2.75, 3.05) is 20.2 Å². The Hall–Kier alpha value is -0.120. The molecule has 2 fully saturated rings. The highest BCUT2D eigenvalue weighted by Crippen LogP contribution is 2.28. The molecule has 88 valence electrons. The summed E-state index contributed by atoms with van der Waals surface area (Å²) in [7, 11) is 1.85. The molecule has 0 aromatic rings. The molecule has 1 aliphatic carbocycles. The van der Waals surface area contributed by atoms with Gasteiger partial charge in [0.15, 0.2) is 0 Å². The van der Waals surface area contributed by atoms with Gasteiger partial charge in [-0.25, -0.2) is 0 Å². The highest BCUT2D eigenvalue weighted by molar-refractivity contribution is 4.92. The third-order valence-corrected chi connectivity index (χ3v) is 4.14. The Morgan fingerprint density at radius 2 is 1.93 bits per heavy atom. The van der Waals surface area contributed by atoms with Crippen molar-refractivity contribution in [2.45, 2.75) is 50.8 Å². The maximum Gasteiger partial charge on any atom is 0.0726 e. The van der Waals surface area contributed by atoms with E-state index in [1.54, 1.807) is 0 Å². The van der Waals surface area contributed by atoms with Crippen molar-refractivity contribution in [1.82, 2.24) is 4.90 Å². The first-order valence-electron chi connectivity index (χ1n) is 6.24. The van der Waals surface area contributed by atoms with Crippen molar-refractivity contribution in [3.05, 3.63) is 0 Å². The summed E-state index contributed by atoms with van der Waals surface area (Å²) in [5.41, 5.74) is 6.08. The van der Waals surface area contributed by atoms with Crippen molar-refractivity contribution in [3.63, 3.8) is 0 Å². The summed E-state index contributed by atoms with van der Waals surface area (Å²) in [6.45, 7) is 4.48. The van der Waals surface area contributed by atoms with Crippen LogP contribution in [0.1, 0.15) is 32.6 Å². The van der Waals surface area contributed by atoms with E-state index in [1.165, 1.54) is 25.7 Å². The van der Waals surface area contributed by atoms with Gasteiger partial charge in [0.1, 0.15) is 0 Å². The van der Waals surface area contributed by atoms with E-state index in [9.17, 15) is 0 Å². The van der Waals surface area contributed by atoms with Gasteiger partial charge in [-0.1, -0.05) is 19.8 Å². The Morgan fingerprint density at radius 3 is 2.53 bits per heavy atom. The first kappa shape index (κ1) is 11.4. The number of nitrogens with zero attached hydrogens (tertiary/aromatic N) is 1. The maximum atomic E-state index is 6.08. The van der Waals surface area contributed by atoms with E-state index in [0.717, 1.165) is 13.1 Å². The third kappa shape index (κ3) is 2.35. The van der Waals surface area contributed by atoms with E-state index in [0.29, 0.717) is 24.1 Å². The predicted molar refractivity (Wildman–Crippen MR) is 61.8 cm³/mol. The number of likely N-dealkylation sites (tertiary alicyclic amines) is 1. The van der Waals surface area contributed by atoms with E-state index in [4.69, 9.17) is 10.5 Å². The molecule has 3 nitrogen and oxygen atoms in total. The number of ether oxygens (including phenoxy) is 1. The molecule has 0 spiro atoms. The minimum Gasteiger partial charge on any atom is -0.380 e. The summed E-state index contributed by atoms with van der Waals surface area (Å²) in [6.07, 6.45) is 5.63. The molecule has 0 bridgehead atoms. The van der Waals surface area contributed by atoms with Crippen molar-refractivity contribution >= 4 is 0 Å². The van der Waals surface area contributed by atoms with Crippen LogP contribution in [0.15, 0.2) is 0 Å². The van der Waals surface area contributed by atoms with Gasteiger partial charge in [0.2, 0.25) is 0 Å². The van der Waals surface area contributed by atoms with Crippen molar-refractivity contribution < 1.29 is 4.74 Å². The summed E-state index contributed by atoms with van der Waals surface area (Å²) < 4.78 is 5.60. The molecule has 0 aromatic heterocycles. The molecule has 2 aliphatic rings. The van der Waals surface area contributed by atoms with Crippen LogP contribution >= 0.6 is 0 Å². The van der Waals surface area contributed by atoms with Gasteiger partial charge in [-0.05, 0) is 18.8 Å². The molecule has 1 saturated heterocycles. The lowest BCUT2D eigenvalue weighted by molar-refractivity contribution is -0.00402. The fourth-order valence-electron chi connectivity index (χ4n) is 3.07. The van der Waals surface area contributed by atoms with Crippen LogP contribution in [0.3, 0.4) is 0 Å². The molecule has 4 unspecified atom stereocenters. The van der Waals surface area contributed by atoms with Gasteiger partial charge in [0.05, 0.1) is 6.10 Å². The monoisotopic (exact) mass is 212 g/mol. The Labute approximate surface area is 93.0 Å². The second-order valence-electron chi connectivity index (χ2n) is 5.22. The second-order valence-corrected chi connectivity index (χ2v) is 5.22. The van der Waals surface area contributed by atoms with Crippen LogP contribution in [0.25, 0.3) is 0 Å². The highest BCUT2D eigenvalue weighted by Gasteiger charge is 2.36. The molecule has 0 aromatic carbocycles. The zero-order chi connectivity index (χ0) is 10.8. The minimum absolute atomic E-state index is 0.365. The maximum absolute atomic E-state index is 6.08. The van der Waals surface area contributed by atoms with Gasteiger partial charge in [-0.2, -0.15) is 0 Å². The molecular formula is C12H24N2O. The smallest absolute Gasteiger partial charge is 0.0726 e. The predicted octanol–water partition coefficient (Wildman–Crippen LogP) is 1.22. The summed E-state index contributed by atoms with van der Waals surface area (Å²) in [5.74, 6) is 0.643. The van der Waals surface area contributed by atoms with E-state index in [-0.39, 0.29) is 0 Å². The van der Waals surface area contributed by atoms with Crippen LogP contribution in [0.4, 0.5) is 0 Å². The SMILES string of the molecule is COC1CCCCC1N1CC(C)C(N)C1. The van der Waals surface area contributed by atoms with E-state index >= 15 is 0 Å². The lowest BCUT2D eigenvalue weighted by Crippen LogP contribution is -2.46. The minimum atomic E-state index is 0.365. The molecule has 4 atom stereocenters. The third-order valence-electron chi connectivity index (χ3n) is 4.14. The fourth-order valence-corrected chi connectivity index (χ4v) is 3.07. The van der Waals surface area contributed by atoms with Crippen molar-refractivity contribution in [2.24, 2.45) is 11.7 Å². The number of hydrogen-bond acceptors (Lipinski definition) is 3. The van der Waals surface area contributed by atoms with Gasteiger partial charge < -0.3 is 10.5 Å². The zero-order valence-electron chi connectivity index (χ0n) is 9.98. The zero-order valence-corrected chi connectivity index (χ0v) is 9.98. The van der Waals surface area contributed by atoms with Crippen LogP contribution in [-0.2, 0) is 4.74 Å². The summed E-state index contributed by atoms with van der Waals surface area (Å²) >= 11 is 0.